The van der Waals surface area contributed by atoms with Crippen LogP contribution in [0.25, 0.3) is 0 Å². The zero-order chi connectivity index (χ0) is 9.30. The summed E-state index contributed by atoms with van der Waals surface area (Å²) < 4.78 is 4.61. The van der Waals surface area contributed by atoms with E-state index >= 15 is 0 Å². The van der Waals surface area contributed by atoms with Gasteiger partial charge in [-0.05, 0) is 0 Å². The normalized spacial score (nSPS) is 16.9. The highest BCUT2D eigenvalue weighted by Crippen LogP contribution is 2.18. The van der Waals surface area contributed by atoms with Crippen molar-refractivity contribution in [2.75, 3.05) is 14.2 Å². The van der Waals surface area contributed by atoms with Gasteiger partial charge in [-0.2, -0.15) is 5.26 Å². The first-order chi connectivity index (χ1) is 5.63. The van der Waals surface area contributed by atoms with Gasteiger partial charge in [-0.15, -0.1) is 0 Å². The largest absolute Gasteiger partial charge is 0.490 e. The third-order valence-corrected chi connectivity index (χ3v) is 1.56. The molecule has 5 nitrogen and oxygen atoms in total. The Hall–Kier alpha value is -1.83. The summed E-state index contributed by atoms with van der Waals surface area (Å²) in [5.74, 6) is -1.36. The molecule has 0 spiro atoms. The van der Waals surface area contributed by atoms with E-state index in [0.717, 1.165) is 4.90 Å². The smallest absolute Gasteiger partial charge is 0.297 e. The van der Waals surface area contributed by atoms with Gasteiger partial charge < -0.3 is 4.74 Å². The molecule has 1 aliphatic heterocycles. The van der Waals surface area contributed by atoms with E-state index in [-0.39, 0.29) is 11.3 Å². The molecule has 0 atom stereocenters. The van der Waals surface area contributed by atoms with Crippen LogP contribution in [0.3, 0.4) is 0 Å². The fourth-order valence-electron chi connectivity index (χ4n) is 0.904. The van der Waals surface area contributed by atoms with Crippen LogP contribution in [-0.2, 0) is 14.3 Å². The van der Waals surface area contributed by atoms with Gasteiger partial charge in [0.2, 0.25) is 5.76 Å². The predicted molar refractivity (Wildman–Crippen MR) is 37.4 cm³/mol. The summed E-state index contributed by atoms with van der Waals surface area (Å²) in [6.07, 6.45) is 0. The van der Waals surface area contributed by atoms with Crippen LogP contribution in [0.5, 0.6) is 0 Å². The van der Waals surface area contributed by atoms with Crippen LogP contribution in [0.2, 0.25) is 0 Å². The Labute approximate surface area is 68.8 Å². The SMILES string of the molecule is COC1=C(C#N)C(=O)N(C)C1=O. The van der Waals surface area contributed by atoms with Crippen molar-refractivity contribution >= 4 is 11.8 Å². The highest BCUT2D eigenvalue weighted by molar-refractivity contribution is 6.19. The second-order valence-electron chi connectivity index (χ2n) is 2.19. The summed E-state index contributed by atoms with van der Waals surface area (Å²) in [5.41, 5.74) is -0.231. The number of hydrogen-bond acceptors (Lipinski definition) is 4. The van der Waals surface area contributed by atoms with Crippen molar-refractivity contribution in [3.8, 4) is 6.07 Å². The number of imide groups is 1. The van der Waals surface area contributed by atoms with Crippen molar-refractivity contribution in [2.24, 2.45) is 0 Å². The number of methoxy groups -OCH3 is 1. The highest BCUT2D eigenvalue weighted by atomic mass is 16.5. The topological polar surface area (TPSA) is 70.4 Å². The summed E-state index contributed by atoms with van der Waals surface area (Å²) in [6.45, 7) is 0. The number of likely N-dealkylation sites (N-methyl/N-ethyl adjacent to an activating group) is 1. The maximum absolute atomic E-state index is 11.1. The average Bonchev–Trinajstić information content (AvgIpc) is 2.29. The molecule has 0 aromatic carbocycles. The van der Waals surface area contributed by atoms with Gasteiger partial charge in [-0.3, -0.25) is 14.5 Å². The second-order valence-corrected chi connectivity index (χ2v) is 2.19. The quantitative estimate of drug-likeness (QED) is 0.488. The molecule has 2 amide bonds. The molecule has 0 unspecified atom stereocenters. The summed E-state index contributed by atoms with van der Waals surface area (Å²) in [4.78, 5) is 23.0. The zero-order valence-electron chi connectivity index (χ0n) is 6.62. The van der Waals surface area contributed by atoms with E-state index in [1.54, 1.807) is 6.07 Å². The molecule has 0 saturated heterocycles. The molecule has 5 heteroatoms. The van der Waals surface area contributed by atoms with E-state index in [4.69, 9.17) is 5.26 Å². The Balaban J connectivity index is 3.21. The lowest BCUT2D eigenvalue weighted by Gasteiger charge is -2.04. The first-order valence-corrected chi connectivity index (χ1v) is 3.14. The number of hydrogen-bond donors (Lipinski definition) is 0. The molecule has 0 fully saturated rings. The van der Waals surface area contributed by atoms with Crippen molar-refractivity contribution in [3.05, 3.63) is 11.3 Å². The molecule has 1 heterocycles. The Morgan fingerprint density at radius 1 is 1.42 bits per heavy atom. The molecule has 0 bridgehead atoms. The number of carbonyl (C=O) groups is 2. The Morgan fingerprint density at radius 3 is 2.33 bits per heavy atom. The molecule has 0 aromatic heterocycles. The molecule has 12 heavy (non-hydrogen) atoms. The predicted octanol–water partition coefficient (Wildman–Crippen LogP) is -0.591. The molecular weight excluding hydrogens is 160 g/mol. The number of amides is 2. The van der Waals surface area contributed by atoms with Crippen molar-refractivity contribution in [2.45, 2.75) is 0 Å². The molecule has 1 rings (SSSR count). The Bertz CT molecular complexity index is 324. The Kier molecular flexibility index (Phi) is 1.83. The maximum Gasteiger partial charge on any atom is 0.297 e. The van der Waals surface area contributed by atoms with Crippen LogP contribution in [0, 0.1) is 11.3 Å². The lowest BCUT2D eigenvalue weighted by Crippen LogP contribution is -2.27. The van der Waals surface area contributed by atoms with Gasteiger partial charge in [0.1, 0.15) is 6.07 Å². The van der Waals surface area contributed by atoms with Gasteiger partial charge in [0.25, 0.3) is 11.8 Å². The monoisotopic (exact) mass is 166 g/mol. The minimum Gasteiger partial charge on any atom is -0.490 e. The number of nitrogens with zero attached hydrogens (tertiary/aromatic N) is 2. The standard InChI is InChI=1S/C7H6N2O3/c1-9-6(10)4(3-8)5(12-2)7(9)11/h1-2H3. The van der Waals surface area contributed by atoms with E-state index in [1.165, 1.54) is 14.2 Å². The van der Waals surface area contributed by atoms with Gasteiger partial charge in [-0.25, -0.2) is 0 Å². The van der Waals surface area contributed by atoms with Crippen molar-refractivity contribution in [1.29, 1.82) is 5.26 Å². The summed E-state index contributed by atoms with van der Waals surface area (Å²) in [6, 6.07) is 1.62. The Morgan fingerprint density at radius 2 is 2.00 bits per heavy atom. The van der Waals surface area contributed by atoms with Gasteiger partial charge in [0.15, 0.2) is 5.57 Å². The third-order valence-electron chi connectivity index (χ3n) is 1.56. The van der Waals surface area contributed by atoms with Gasteiger partial charge in [0.05, 0.1) is 7.11 Å². The molecule has 0 aliphatic carbocycles. The van der Waals surface area contributed by atoms with Crippen molar-refractivity contribution in [3.63, 3.8) is 0 Å². The van der Waals surface area contributed by atoms with Gasteiger partial charge >= 0.3 is 0 Å². The molecule has 0 aromatic rings. The summed E-state index contributed by atoms with van der Waals surface area (Å²) in [7, 11) is 2.55. The highest BCUT2D eigenvalue weighted by Gasteiger charge is 2.37. The molecule has 1 aliphatic rings. The van der Waals surface area contributed by atoms with Crippen LogP contribution >= 0.6 is 0 Å². The second kappa shape index (κ2) is 2.66. The van der Waals surface area contributed by atoms with Gasteiger partial charge in [-0.1, -0.05) is 0 Å². The average molecular weight is 166 g/mol. The van der Waals surface area contributed by atoms with E-state index < -0.39 is 11.8 Å². The molecule has 0 saturated carbocycles. The minimum absolute atomic E-state index is 0.176. The number of nitriles is 1. The minimum atomic E-state index is -0.612. The van der Waals surface area contributed by atoms with Crippen LogP contribution < -0.4 is 0 Å². The van der Waals surface area contributed by atoms with E-state index in [1.807, 2.05) is 0 Å². The maximum atomic E-state index is 11.1. The lowest BCUT2D eigenvalue weighted by molar-refractivity contribution is -0.137. The number of carbonyl (C=O) groups excluding carboxylic acids is 2. The molecule has 62 valence electrons. The first-order valence-electron chi connectivity index (χ1n) is 3.14. The first kappa shape index (κ1) is 8.27. The molecule has 0 radical (unpaired) electrons. The van der Waals surface area contributed by atoms with Crippen LogP contribution in [0.1, 0.15) is 0 Å². The number of rotatable bonds is 1. The summed E-state index contributed by atoms with van der Waals surface area (Å²) in [5, 5.41) is 8.49. The molecule has 0 N–H and O–H groups in total. The fourth-order valence-corrected chi connectivity index (χ4v) is 0.904. The zero-order valence-corrected chi connectivity index (χ0v) is 6.62. The van der Waals surface area contributed by atoms with Gasteiger partial charge in [0, 0.05) is 7.05 Å². The van der Waals surface area contributed by atoms with E-state index in [2.05, 4.69) is 4.74 Å². The van der Waals surface area contributed by atoms with Crippen molar-refractivity contribution < 1.29 is 14.3 Å². The van der Waals surface area contributed by atoms with Crippen LogP contribution in [-0.4, -0.2) is 30.9 Å². The van der Waals surface area contributed by atoms with E-state index in [0.29, 0.717) is 0 Å². The number of ether oxygens (including phenoxy) is 1. The van der Waals surface area contributed by atoms with Crippen LogP contribution in [0.15, 0.2) is 11.3 Å². The molecular formula is C7H6N2O3. The lowest BCUT2D eigenvalue weighted by atomic mass is 10.3. The third kappa shape index (κ3) is 0.855. The van der Waals surface area contributed by atoms with E-state index in [9.17, 15) is 9.59 Å². The van der Waals surface area contributed by atoms with Crippen molar-refractivity contribution in [1.82, 2.24) is 4.90 Å². The summed E-state index contributed by atoms with van der Waals surface area (Å²) >= 11 is 0. The fraction of sp³-hybridized carbons (Fsp3) is 0.286. The van der Waals surface area contributed by atoms with Crippen LogP contribution in [0.4, 0.5) is 0 Å².